The molecule has 110 valence electrons. The van der Waals surface area contributed by atoms with Crippen LogP contribution in [0, 0.1) is 11.3 Å². The number of nitrogens with zero attached hydrogens (tertiary/aromatic N) is 1. The summed E-state index contributed by atoms with van der Waals surface area (Å²) in [6, 6.07) is 0.0534. The third-order valence-electron chi connectivity index (χ3n) is 4.51. The van der Waals surface area contributed by atoms with Gasteiger partial charge in [-0.05, 0) is 26.2 Å². The summed E-state index contributed by atoms with van der Waals surface area (Å²) in [5.74, 6) is -1.14. The van der Waals surface area contributed by atoms with Gasteiger partial charge in [-0.1, -0.05) is 13.8 Å². The van der Waals surface area contributed by atoms with Crippen LogP contribution in [0.1, 0.15) is 40.5 Å². The third-order valence-corrected chi connectivity index (χ3v) is 4.51. The van der Waals surface area contributed by atoms with Crippen LogP contribution >= 0.6 is 0 Å². The van der Waals surface area contributed by atoms with Crippen LogP contribution in [0.2, 0.25) is 0 Å². The van der Waals surface area contributed by atoms with Crippen molar-refractivity contribution in [3.8, 4) is 0 Å². The quantitative estimate of drug-likeness (QED) is 0.827. The van der Waals surface area contributed by atoms with Gasteiger partial charge in [0.2, 0.25) is 5.91 Å². The summed E-state index contributed by atoms with van der Waals surface area (Å²) in [5, 5.41) is 9.36. The summed E-state index contributed by atoms with van der Waals surface area (Å²) in [4.78, 5) is 25.4. The second kappa shape index (κ2) is 5.90. The van der Waals surface area contributed by atoms with E-state index in [4.69, 9.17) is 4.74 Å². The highest BCUT2D eigenvalue weighted by atomic mass is 16.5. The number of carboxylic acids is 1. The lowest BCUT2D eigenvalue weighted by molar-refractivity contribution is -0.156. The number of amides is 1. The van der Waals surface area contributed by atoms with Crippen molar-refractivity contribution in [1.82, 2.24) is 4.90 Å². The summed E-state index contributed by atoms with van der Waals surface area (Å²) in [5.41, 5.74) is -1.02. The number of rotatable bonds is 5. The van der Waals surface area contributed by atoms with E-state index in [1.807, 2.05) is 20.8 Å². The van der Waals surface area contributed by atoms with E-state index < -0.39 is 11.4 Å². The number of ether oxygens (including phenoxy) is 1. The van der Waals surface area contributed by atoms with Crippen LogP contribution in [-0.4, -0.2) is 47.7 Å². The predicted molar refractivity (Wildman–Crippen MR) is 71.8 cm³/mol. The number of carbonyl (C=O) groups excluding carboxylic acids is 1. The van der Waals surface area contributed by atoms with Gasteiger partial charge < -0.3 is 14.7 Å². The molecule has 0 aromatic carbocycles. The molecule has 0 saturated carbocycles. The molecule has 1 heterocycles. The summed E-state index contributed by atoms with van der Waals surface area (Å²) in [7, 11) is 1.74. The molecule has 1 rings (SSSR count). The zero-order chi connectivity index (χ0) is 14.8. The summed E-state index contributed by atoms with van der Waals surface area (Å²) in [6.07, 6.45) is 0.860. The largest absolute Gasteiger partial charge is 0.481 e. The van der Waals surface area contributed by atoms with Crippen LogP contribution in [-0.2, 0) is 14.3 Å². The molecule has 0 spiro atoms. The minimum absolute atomic E-state index is 0.0177. The zero-order valence-corrected chi connectivity index (χ0v) is 12.5. The lowest BCUT2D eigenvalue weighted by Crippen LogP contribution is -2.45. The van der Waals surface area contributed by atoms with Gasteiger partial charge in [-0.2, -0.15) is 0 Å². The molecule has 0 aliphatic carbocycles. The molecular formula is C14H25NO4. The van der Waals surface area contributed by atoms with Gasteiger partial charge in [0, 0.05) is 20.1 Å². The Morgan fingerprint density at radius 1 is 1.47 bits per heavy atom. The molecule has 0 aromatic rings. The van der Waals surface area contributed by atoms with Gasteiger partial charge in [-0.25, -0.2) is 0 Å². The Balaban J connectivity index is 2.75. The smallest absolute Gasteiger partial charge is 0.310 e. The first-order chi connectivity index (χ1) is 8.70. The number of hydrogen-bond acceptors (Lipinski definition) is 3. The molecule has 5 heteroatoms. The number of carbonyl (C=O) groups is 2. The maximum atomic E-state index is 12.3. The molecule has 1 fully saturated rings. The minimum Gasteiger partial charge on any atom is -0.481 e. The van der Waals surface area contributed by atoms with Gasteiger partial charge in [0.25, 0.3) is 0 Å². The van der Waals surface area contributed by atoms with Crippen molar-refractivity contribution in [2.75, 3.05) is 13.7 Å². The first-order valence-electron chi connectivity index (χ1n) is 6.80. The number of carboxylic acid groups (broad SMARTS) is 1. The van der Waals surface area contributed by atoms with Crippen molar-refractivity contribution in [3.63, 3.8) is 0 Å². The summed E-state index contributed by atoms with van der Waals surface area (Å²) >= 11 is 0. The van der Waals surface area contributed by atoms with Crippen molar-refractivity contribution in [3.05, 3.63) is 0 Å². The Hall–Kier alpha value is -1.10. The van der Waals surface area contributed by atoms with E-state index in [1.165, 1.54) is 0 Å². The highest BCUT2D eigenvalue weighted by Crippen LogP contribution is 2.32. The van der Waals surface area contributed by atoms with E-state index in [0.29, 0.717) is 6.61 Å². The number of hydrogen-bond donors (Lipinski definition) is 1. The van der Waals surface area contributed by atoms with E-state index in [9.17, 15) is 14.7 Å². The lowest BCUT2D eigenvalue weighted by Gasteiger charge is -2.33. The third kappa shape index (κ3) is 3.26. The molecule has 1 saturated heterocycles. The minimum atomic E-state index is -1.02. The normalized spacial score (nSPS) is 26.2. The fourth-order valence-corrected chi connectivity index (χ4v) is 2.38. The first-order valence-corrected chi connectivity index (χ1v) is 6.80. The maximum Gasteiger partial charge on any atom is 0.310 e. The standard InChI is InChI=1S/C14H25NO4/c1-9(2)14(4,13(17)18)8-12(16)15(5)11-6-7-19-10(11)3/h9-11H,6-8H2,1-5H3,(H,17,18). The Morgan fingerprint density at radius 2 is 2.05 bits per heavy atom. The summed E-state index contributed by atoms with van der Waals surface area (Å²) in [6.45, 7) is 7.91. The van der Waals surface area contributed by atoms with Crippen LogP contribution < -0.4 is 0 Å². The SMILES string of the molecule is CC1OCCC1N(C)C(=O)CC(C)(C(=O)O)C(C)C. The van der Waals surface area contributed by atoms with Gasteiger partial charge >= 0.3 is 5.97 Å². The van der Waals surface area contributed by atoms with Crippen molar-refractivity contribution >= 4 is 11.9 Å². The van der Waals surface area contributed by atoms with E-state index in [1.54, 1.807) is 18.9 Å². The fraction of sp³-hybridized carbons (Fsp3) is 0.857. The van der Waals surface area contributed by atoms with Crippen LogP contribution in [0.15, 0.2) is 0 Å². The van der Waals surface area contributed by atoms with Gasteiger partial charge in [0.15, 0.2) is 0 Å². The Labute approximate surface area is 114 Å². The molecule has 1 amide bonds. The van der Waals surface area contributed by atoms with Crippen LogP contribution in [0.3, 0.4) is 0 Å². The second-order valence-electron chi connectivity index (χ2n) is 5.99. The average Bonchev–Trinajstić information content (AvgIpc) is 2.73. The van der Waals surface area contributed by atoms with Crippen LogP contribution in [0.25, 0.3) is 0 Å². The molecule has 5 nitrogen and oxygen atoms in total. The van der Waals surface area contributed by atoms with Crippen molar-refractivity contribution in [2.45, 2.75) is 52.7 Å². The first kappa shape index (κ1) is 16.0. The topological polar surface area (TPSA) is 66.8 Å². The molecule has 0 bridgehead atoms. The van der Waals surface area contributed by atoms with E-state index in [2.05, 4.69) is 0 Å². The molecule has 3 unspecified atom stereocenters. The predicted octanol–water partition coefficient (Wildman–Crippen LogP) is 1.76. The summed E-state index contributed by atoms with van der Waals surface area (Å²) < 4.78 is 5.45. The molecule has 19 heavy (non-hydrogen) atoms. The number of likely N-dealkylation sites (N-methyl/N-ethyl adjacent to an activating group) is 1. The highest BCUT2D eigenvalue weighted by molar-refractivity contribution is 5.85. The molecular weight excluding hydrogens is 246 g/mol. The van der Waals surface area contributed by atoms with E-state index in [0.717, 1.165) is 6.42 Å². The van der Waals surface area contributed by atoms with Gasteiger partial charge in [0.1, 0.15) is 0 Å². The molecule has 1 aliphatic heterocycles. The lowest BCUT2D eigenvalue weighted by atomic mass is 9.76. The number of aliphatic carboxylic acids is 1. The van der Waals surface area contributed by atoms with Crippen molar-refractivity contribution in [2.24, 2.45) is 11.3 Å². The van der Waals surface area contributed by atoms with Gasteiger partial charge in [-0.15, -0.1) is 0 Å². The Morgan fingerprint density at radius 3 is 2.42 bits per heavy atom. The van der Waals surface area contributed by atoms with E-state index >= 15 is 0 Å². The second-order valence-corrected chi connectivity index (χ2v) is 5.99. The molecule has 1 aliphatic rings. The van der Waals surface area contributed by atoms with Crippen LogP contribution in [0.5, 0.6) is 0 Å². The van der Waals surface area contributed by atoms with Gasteiger partial charge in [-0.3, -0.25) is 9.59 Å². The molecule has 0 radical (unpaired) electrons. The Kier molecular flexibility index (Phi) is 4.96. The van der Waals surface area contributed by atoms with E-state index in [-0.39, 0.29) is 30.4 Å². The fourth-order valence-electron chi connectivity index (χ4n) is 2.38. The maximum absolute atomic E-state index is 12.3. The molecule has 3 atom stereocenters. The van der Waals surface area contributed by atoms with Crippen molar-refractivity contribution < 1.29 is 19.4 Å². The average molecular weight is 271 g/mol. The molecule has 1 N–H and O–H groups in total. The Bertz CT molecular complexity index is 355. The van der Waals surface area contributed by atoms with Crippen molar-refractivity contribution in [1.29, 1.82) is 0 Å². The highest BCUT2D eigenvalue weighted by Gasteiger charge is 2.41. The van der Waals surface area contributed by atoms with Gasteiger partial charge in [0.05, 0.1) is 17.6 Å². The zero-order valence-electron chi connectivity index (χ0n) is 12.5. The van der Waals surface area contributed by atoms with Crippen LogP contribution in [0.4, 0.5) is 0 Å². The monoisotopic (exact) mass is 271 g/mol. The molecule has 0 aromatic heterocycles.